The van der Waals surface area contributed by atoms with Crippen molar-refractivity contribution < 1.29 is 9.90 Å². The highest BCUT2D eigenvalue weighted by Crippen LogP contribution is 2.06. The second-order valence-electron chi connectivity index (χ2n) is 1.68. The van der Waals surface area contributed by atoms with E-state index in [2.05, 4.69) is 0 Å². The highest BCUT2D eigenvalue weighted by Gasteiger charge is 2.01. The number of benzene rings is 1. The average molecular weight is 122 g/mol. The SMILES string of the molecule is O=[C+]c1ccc([OH2+])cc1. The van der Waals surface area contributed by atoms with Crippen molar-refractivity contribution in [2.75, 3.05) is 0 Å². The van der Waals surface area contributed by atoms with Crippen LogP contribution in [0.5, 0.6) is 5.75 Å². The van der Waals surface area contributed by atoms with Crippen LogP contribution in [0.1, 0.15) is 5.56 Å². The van der Waals surface area contributed by atoms with Gasteiger partial charge in [0.05, 0.1) is 24.3 Å². The Morgan fingerprint density at radius 3 is 2.22 bits per heavy atom. The molecule has 0 amide bonds. The highest BCUT2D eigenvalue weighted by molar-refractivity contribution is 5.75. The van der Waals surface area contributed by atoms with Crippen molar-refractivity contribution in [3.8, 4) is 5.75 Å². The van der Waals surface area contributed by atoms with E-state index in [1.807, 2.05) is 0 Å². The minimum atomic E-state index is 0.411. The fraction of sp³-hybridized carbons (Fsp3) is 0. The Morgan fingerprint density at radius 2 is 1.78 bits per heavy atom. The Labute approximate surface area is 52.8 Å². The van der Waals surface area contributed by atoms with E-state index in [1.54, 1.807) is 30.6 Å². The van der Waals surface area contributed by atoms with Crippen LogP contribution in [-0.2, 0) is 4.79 Å². The van der Waals surface area contributed by atoms with Crippen LogP contribution < -0.4 is 0 Å². The molecule has 0 unspecified atom stereocenters. The van der Waals surface area contributed by atoms with Gasteiger partial charge in [0, 0.05) is 0 Å². The summed E-state index contributed by atoms with van der Waals surface area (Å²) in [5.74, 6) is 0.411. The molecule has 2 N–H and O–H groups in total. The first kappa shape index (κ1) is 5.73. The van der Waals surface area contributed by atoms with Crippen LogP contribution in [-0.4, -0.2) is 11.4 Å². The quantitative estimate of drug-likeness (QED) is 0.396. The molecule has 0 spiro atoms. The lowest BCUT2D eigenvalue weighted by Crippen LogP contribution is -1.75. The summed E-state index contributed by atoms with van der Waals surface area (Å²) in [5, 5.41) is 7.04. The van der Waals surface area contributed by atoms with E-state index < -0.39 is 0 Å². The molecule has 1 aromatic rings. The van der Waals surface area contributed by atoms with Crippen LogP contribution in [0.4, 0.5) is 0 Å². The summed E-state index contributed by atoms with van der Waals surface area (Å²) in [6.45, 7) is 0. The van der Waals surface area contributed by atoms with Gasteiger partial charge in [-0.15, -0.1) is 4.79 Å². The van der Waals surface area contributed by atoms with Crippen molar-refractivity contribution in [3.63, 3.8) is 0 Å². The molecule has 0 aliphatic carbocycles. The predicted molar refractivity (Wildman–Crippen MR) is 34.3 cm³/mol. The third kappa shape index (κ3) is 1.24. The van der Waals surface area contributed by atoms with E-state index in [4.69, 9.17) is 5.11 Å². The molecule has 0 atom stereocenters. The third-order valence-electron chi connectivity index (χ3n) is 1.00. The van der Waals surface area contributed by atoms with Gasteiger partial charge >= 0.3 is 6.29 Å². The van der Waals surface area contributed by atoms with Gasteiger partial charge in [0.25, 0.3) is 5.75 Å². The van der Waals surface area contributed by atoms with Crippen molar-refractivity contribution in [3.05, 3.63) is 29.8 Å². The monoisotopic (exact) mass is 122 g/mol. The van der Waals surface area contributed by atoms with Gasteiger partial charge < -0.3 is 5.11 Å². The largest absolute Gasteiger partial charge is 0.592 e. The summed E-state index contributed by atoms with van der Waals surface area (Å²) < 4.78 is 0. The first-order chi connectivity index (χ1) is 4.33. The topological polar surface area (TPSA) is 40.0 Å². The zero-order chi connectivity index (χ0) is 6.69. The Kier molecular flexibility index (Phi) is 1.43. The zero-order valence-electron chi connectivity index (χ0n) is 4.72. The number of carbonyl (C=O) groups excluding carboxylic acids is 1. The average Bonchev–Trinajstić information content (AvgIpc) is 1.90. The molecular formula is C7H6O2+2. The lowest BCUT2D eigenvalue weighted by atomic mass is 10.2. The maximum Gasteiger partial charge on any atom is 0.303 e. The van der Waals surface area contributed by atoms with Gasteiger partial charge in [-0.3, -0.25) is 0 Å². The van der Waals surface area contributed by atoms with Gasteiger partial charge in [0.15, 0.2) is 0 Å². The van der Waals surface area contributed by atoms with Crippen LogP contribution in [0, 0.1) is 0 Å². The standard InChI is InChI=1S/C7H4O2/c8-5-6-1-3-7(9)4-2-6/h1-4H/p+2. The molecule has 0 aliphatic heterocycles. The van der Waals surface area contributed by atoms with Gasteiger partial charge in [0.1, 0.15) is 0 Å². The van der Waals surface area contributed by atoms with E-state index >= 15 is 0 Å². The minimum Gasteiger partial charge on any atom is -0.592 e. The number of hydrogen-bond donors (Lipinski definition) is 0. The normalized spacial score (nSPS) is 8.44. The molecule has 0 fully saturated rings. The van der Waals surface area contributed by atoms with E-state index in [0.717, 1.165) is 0 Å². The van der Waals surface area contributed by atoms with Crippen LogP contribution in [0.2, 0.25) is 0 Å². The zero-order valence-corrected chi connectivity index (χ0v) is 4.72. The van der Waals surface area contributed by atoms with E-state index in [1.165, 1.54) is 0 Å². The van der Waals surface area contributed by atoms with Crippen LogP contribution in [0.25, 0.3) is 0 Å². The lowest BCUT2D eigenvalue weighted by molar-refractivity contribution is 0.475. The molecule has 1 aromatic carbocycles. The maximum absolute atomic E-state index is 9.93. The minimum absolute atomic E-state index is 0.411. The molecular weight excluding hydrogens is 116 g/mol. The molecule has 0 saturated carbocycles. The van der Waals surface area contributed by atoms with Gasteiger partial charge in [-0.2, -0.15) is 0 Å². The summed E-state index contributed by atoms with van der Waals surface area (Å²) >= 11 is 0. The van der Waals surface area contributed by atoms with E-state index in [-0.39, 0.29) is 0 Å². The Bertz CT molecular complexity index is 201. The Balaban J connectivity index is 3.01. The summed E-state index contributed by atoms with van der Waals surface area (Å²) in [5.41, 5.74) is 0.492. The molecule has 2 heteroatoms. The van der Waals surface area contributed by atoms with Crippen molar-refractivity contribution in [1.82, 2.24) is 0 Å². The first-order valence-electron chi connectivity index (χ1n) is 2.53. The van der Waals surface area contributed by atoms with Crippen molar-refractivity contribution in [2.24, 2.45) is 0 Å². The van der Waals surface area contributed by atoms with Gasteiger partial charge in [0.2, 0.25) is 5.56 Å². The smallest absolute Gasteiger partial charge is 0.303 e. The van der Waals surface area contributed by atoms with Crippen molar-refractivity contribution in [2.45, 2.75) is 0 Å². The van der Waals surface area contributed by atoms with E-state index in [9.17, 15) is 4.79 Å². The summed E-state index contributed by atoms with van der Waals surface area (Å²) in [6.07, 6.45) is 1.72. The third-order valence-corrected chi connectivity index (χ3v) is 1.00. The Morgan fingerprint density at radius 1 is 1.22 bits per heavy atom. The molecule has 0 aromatic heterocycles. The molecule has 1 rings (SSSR count). The lowest BCUT2D eigenvalue weighted by Gasteiger charge is -1.76. The molecule has 0 heterocycles. The molecule has 0 bridgehead atoms. The molecule has 2 nitrogen and oxygen atoms in total. The van der Waals surface area contributed by atoms with Gasteiger partial charge in [-0.05, 0) is 0 Å². The fourth-order valence-electron chi connectivity index (χ4n) is 0.538. The van der Waals surface area contributed by atoms with Crippen LogP contribution in [0.3, 0.4) is 0 Å². The maximum atomic E-state index is 9.93. The van der Waals surface area contributed by atoms with Crippen LogP contribution >= 0.6 is 0 Å². The highest BCUT2D eigenvalue weighted by atomic mass is 16.3. The Hall–Kier alpha value is -1.40. The van der Waals surface area contributed by atoms with Crippen molar-refractivity contribution >= 4 is 6.29 Å². The van der Waals surface area contributed by atoms with Crippen LogP contribution in [0.15, 0.2) is 24.3 Å². The van der Waals surface area contributed by atoms with Crippen molar-refractivity contribution in [1.29, 1.82) is 0 Å². The van der Waals surface area contributed by atoms with Gasteiger partial charge in [-0.1, -0.05) is 0 Å². The number of hydrogen-bond acceptors (Lipinski definition) is 1. The fourth-order valence-corrected chi connectivity index (χ4v) is 0.538. The summed E-state index contributed by atoms with van der Waals surface area (Å²) in [7, 11) is 0. The molecule has 0 saturated heterocycles. The number of rotatable bonds is 1. The molecule has 0 aliphatic rings. The second kappa shape index (κ2) is 2.25. The van der Waals surface area contributed by atoms with E-state index in [0.29, 0.717) is 11.3 Å². The first-order valence-corrected chi connectivity index (χ1v) is 2.53. The molecule has 9 heavy (non-hydrogen) atoms. The predicted octanol–water partition coefficient (Wildman–Crippen LogP) is 0.582. The second-order valence-corrected chi connectivity index (χ2v) is 1.68. The molecule has 44 valence electrons. The molecule has 0 radical (unpaired) electrons. The van der Waals surface area contributed by atoms with Gasteiger partial charge in [-0.25, -0.2) is 0 Å². The summed E-state index contributed by atoms with van der Waals surface area (Å²) in [4.78, 5) is 9.93. The summed E-state index contributed by atoms with van der Waals surface area (Å²) in [6, 6.07) is 6.24.